The number of nitrogens with zero attached hydrogens (tertiary/aromatic N) is 5. The van der Waals surface area contributed by atoms with Crippen LogP contribution in [0.15, 0.2) is 12.1 Å². The Balaban J connectivity index is 2.73. The molecule has 0 aliphatic heterocycles. The molecule has 2 aromatic rings. The molecule has 0 aromatic carbocycles. The molecule has 0 saturated heterocycles. The first-order valence-electron chi connectivity index (χ1n) is 7.61. The maximum Gasteiger partial charge on any atom is 0.335 e. The van der Waals surface area contributed by atoms with Gasteiger partial charge in [-0.1, -0.05) is 0 Å². The summed E-state index contributed by atoms with van der Waals surface area (Å²) >= 11 is 0. The second kappa shape index (κ2) is 7.49. The molecular weight excluding hydrogens is 346 g/mol. The van der Waals surface area contributed by atoms with Crippen LogP contribution in [0, 0.1) is 0 Å². The van der Waals surface area contributed by atoms with E-state index in [0.717, 1.165) is 10.0 Å². The summed E-state index contributed by atoms with van der Waals surface area (Å²) in [6.45, 7) is -0.166. The molecular formula is C13H23N9O4. The normalized spacial score (nSPS) is 11.0. The minimum Gasteiger partial charge on any atom is -0.394 e. The Kier molecular flexibility index (Phi) is 5.56. The Morgan fingerprint density at radius 1 is 0.962 bits per heavy atom. The van der Waals surface area contributed by atoms with Crippen LogP contribution in [0.3, 0.4) is 0 Å². The first kappa shape index (κ1) is 19.3. The molecule has 0 spiro atoms. The minimum absolute atomic E-state index is 0.135. The van der Waals surface area contributed by atoms with Gasteiger partial charge in [0.2, 0.25) is 0 Å². The Morgan fingerprint density at radius 3 is 1.88 bits per heavy atom. The lowest BCUT2D eigenvalue weighted by atomic mass is 10.5. The molecule has 0 saturated carbocycles. The number of primary amides is 2. The van der Waals surface area contributed by atoms with E-state index in [4.69, 9.17) is 23.2 Å². The summed E-state index contributed by atoms with van der Waals surface area (Å²) in [6.07, 6.45) is 0. The Hall–Kier alpha value is -3.00. The van der Waals surface area contributed by atoms with Crippen molar-refractivity contribution in [2.75, 3.05) is 41.3 Å². The highest BCUT2D eigenvalue weighted by atomic mass is 16.3. The molecule has 4 amide bonds. The molecule has 10 N–H and O–H groups in total. The third kappa shape index (κ3) is 3.23. The van der Waals surface area contributed by atoms with E-state index in [1.807, 2.05) is 0 Å². The van der Waals surface area contributed by atoms with Crippen LogP contribution in [-0.4, -0.2) is 57.8 Å². The number of hydrazine groups is 2. The Bertz CT molecular complexity index is 808. The lowest BCUT2D eigenvalue weighted by molar-refractivity contribution is 0.252. The van der Waals surface area contributed by atoms with E-state index in [0.29, 0.717) is 16.9 Å². The van der Waals surface area contributed by atoms with E-state index in [1.54, 1.807) is 28.8 Å². The van der Waals surface area contributed by atoms with Crippen molar-refractivity contribution in [2.45, 2.75) is 0 Å². The number of hydrogen-bond donors (Lipinski definition) is 6. The number of aryl methyl sites for hydroxylation is 1. The number of anilines is 2. The second-order valence-electron chi connectivity index (χ2n) is 5.46. The highest BCUT2D eigenvalue weighted by Crippen LogP contribution is 2.31. The van der Waals surface area contributed by atoms with Crippen molar-refractivity contribution < 1.29 is 19.8 Å². The van der Waals surface area contributed by atoms with Crippen LogP contribution in [0.2, 0.25) is 0 Å². The smallest absolute Gasteiger partial charge is 0.335 e. The summed E-state index contributed by atoms with van der Waals surface area (Å²) < 4.78 is 3.08. The zero-order valence-electron chi connectivity index (χ0n) is 14.2. The molecule has 13 heteroatoms. The average molecular weight is 369 g/mol. The molecule has 144 valence electrons. The highest BCUT2D eigenvalue weighted by Gasteiger charge is 2.25. The molecule has 0 aliphatic carbocycles. The second-order valence-corrected chi connectivity index (χ2v) is 5.46. The molecule has 0 atom stereocenters. The van der Waals surface area contributed by atoms with Gasteiger partial charge in [0.05, 0.1) is 37.3 Å². The van der Waals surface area contributed by atoms with Crippen LogP contribution in [0.25, 0.3) is 11.0 Å². The number of urea groups is 2. The van der Waals surface area contributed by atoms with Crippen LogP contribution in [-0.2, 0) is 7.05 Å². The predicted octanol–water partition coefficient (Wildman–Crippen LogP) is -2.58. The van der Waals surface area contributed by atoms with Crippen LogP contribution < -0.4 is 38.2 Å². The van der Waals surface area contributed by atoms with Crippen molar-refractivity contribution in [3.05, 3.63) is 12.1 Å². The fourth-order valence-corrected chi connectivity index (χ4v) is 2.70. The van der Waals surface area contributed by atoms with E-state index in [2.05, 4.69) is 0 Å². The molecule has 0 bridgehead atoms. The summed E-state index contributed by atoms with van der Waals surface area (Å²) in [5, 5.41) is 21.7. The SMILES string of the molecule is Cn1c(N(N)C(N)=O)cc2c1cc(N(N)C(N)=O)n2N(CCO)CCO. The number of hydrogen-bond acceptors (Lipinski definition) is 7. The number of aliphatic hydroxyl groups is 2. The number of carbonyl (C=O) groups is 2. The van der Waals surface area contributed by atoms with Gasteiger partial charge in [0.1, 0.15) is 5.82 Å². The predicted molar refractivity (Wildman–Crippen MR) is 95.5 cm³/mol. The molecule has 0 unspecified atom stereocenters. The molecule has 0 fully saturated rings. The number of aliphatic hydroxyl groups excluding tert-OH is 2. The van der Waals surface area contributed by atoms with E-state index < -0.39 is 12.1 Å². The lowest BCUT2D eigenvalue weighted by Gasteiger charge is -2.29. The molecule has 2 heterocycles. The van der Waals surface area contributed by atoms with Crippen LogP contribution >= 0.6 is 0 Å². The van der Waals surface area contributed by atoms with Gasteiger partial charge in [-0.2, -0.15) is 0 Å². The quantitative estimate of drug-likeness (QED) is 0.175. The highest BCUT2D eigenvalue weighted by molar-refractivity contribution is 5.97. The molecule has 26 heavy (non-hydrogen) atoms. The number of nitrogens with two attached hydrogens (primary N) is 4. The van der Waals surface area contributed by atoms with Crippen LogP contribution in [0.1, 0.15) is 0 Å². The average Bonchev–Trinajstić information content (AvgIpc) is 3.10. The number of amides is 4. The van der Waals surface area contributed by atoms with Crippen molar-refractivity contribution in [3.63, 3.8) is 0 Å². The zero-order valence-corrected chi connectivity index (χ0v) is 14.2. The number of fused-ring (bicyclic) bond motifs is 1. The molecule has 13 nitrogen and oxygen atoms in total. The van der Waals surface area contributed by atoms with Crippen molar-refractivity contribution in [1.29, 1.82) is 0 Å². The zero-order chi connectivity index (χ0) is 19.6. The van der Waals surface area contributed by atoms with E-state index in [9.17, 15) is 19.8 Å². The maximum absolute atomic E-state index is 11.5. The third-order valence-electron chi connectivity index (χ3n) is 3.91. The maximum atomic E-state index is 11.5. The number of rotatable bonds is 7. The Labute approximate surface area is 148 Å². The summed E-state index contributed by atoms with van der Waals surface area (Å²) in [5.74, 6) is 11.9. The monoisotopic (exact) mass is 369 g/mol. The molecule has 2 rings (SSSR count). The third-order valence-corrected chi connectivity index (χ3v) is 3.91. The number of aromatic nitrogens is 2. The van der Waals surface area contributed by atoms with Gasteiger partial charge >= 0.3 is 12.1 Å². The standard InChI is InChI=1S/C13H23N9O4/c1-18-8-6-11(21(17)13(15)26)22(19(2-4-23)3-5-24)9(8)7-10(18)20(16)12(14)25/h6-7,23-24H,2-5,16-17H2,1H3,(H2,14,25)(H2,15,26). The summed E-state index contributed by atoms with van der Waals surface area (Å²) in [5.41, 5.74) is 11.5. The van der Waals surface area contributed by atoms with Gasteiger partial charge in [0.25, 0.3) is 0 Å². The van der Waals surface area contributed by atoms with Gasteiger partial charge < -0.3 is 31.3 Å². The molecule has 2 aromatic heterocycles. The Morgan fingerprint density at radius 2 is 1.42 bits per heavy atom. The van der Waals surface area contributed by atoms with Crippen molar-refractivity contribution in [1.82, 2.24) is 9.24 Å². The first-order valence-corrected chi connectivity index (χ1v) is 7.61. The van der Waals surface area contributed by atoms with Gasteiger partial charge in [0, 0.05) is 19.2 Å². The summed E-state index contributed by atoms with van der Waals surface area (Å²) in [4.78, 5) is 22.9. The molecule has 0 aliphatic rings. The minimum atomic E-state index is -0.903. The van der Waals surface area contributed by atoms with Gasteiger partial charge in [0.15, 0.2) is 5.82 Å². The summed E-state index contributed by atoms with van der Waals surface area (Å²) in [6, 6.07) is 1.35. The van der Waals surface area contributed by atoms with Crippen molar-refractivity contribution in [2.24, 2.45) is 30.2 Å². The van der Waals surface area contributed by atoms with Gasteiger partial charge in [-0.05, 0) is 0 Å². The van der Waals surface area contributed by atoms with E-state index in [1.165, 1.54) is 4.68 Å². The summed E-state index contributed by atoms with van der Waals surface area (Å²) in [7, 11) is 1.64. The van der Waals surface area contributed by atoms with Gasteiger partial charge in [-0.3, -0.25) is 0 Å². The fourth-order valence-electron chi connectivity index (χ4n) is 2.70. The molecule has 0 radical (unpaired) electrons. The number of carbonyl (C=O) groups excluding carboxylic acids is 2. The van der Waals surface area contributed by atoms with Gasteiger partial charge in [-0.25, -0.2) is 36.0 Å². The largest absolute Gasteiger partial charge is 0.394 e. The fraction of sp³-hybridized carbons (Fsp3) is 0.385. The van der Waals surface area contributed by atoms with Crippen LogP contribution in [0.4, 0.5) is 21.2 Å². The first-order chi connectivity index (χ1) is 12.2. The lowest BCUT2D eigenvalue weighted by Crippen LogP contribution is -2.47. The van der Waals surface area contributed by atoms with Crippen molar-refractivity contribution >= 4 is 34.7 Å². The van der Waals surface area contributed by atoms with E-state index >= 15 is 0 Å². The van der Waals surface area contributed by atoms with E-state index in [-0.39, 0.29) is 32.1 Å². The van der Waals surface area contributed by atoms with Crippen LogP contribution in [0.5, 0.6) is 0 Å². The van der Waals surface area contributed by atoms with Gasteiger partial charge in [-0.15, -0.1) is 0 Å². The topological polar surface area (TPSA) is 198 Å². The van der Waals surface area contributed by atoms with Crippen molar-refractivity contribution in [3.8, 4) is 0 Å².